The third-order valence-corrected chi connectivity index (χ3v) is 4.85. The molecule has 2 atom stereocenters. The summed E-state index contributed by atoms with van der Waals surface area (Å²) in [5.41, 5.74) is 2.22. The molecule has 2 aromatic carbocycles. The lowest BCUT2D eigenvalue weighted by Gasteiger charge is -2.23. The summed E-state index contributed by atoms with van der Waals surface area (Å²) >= 11 is 6.28. The minimum atomic E-state index is 0.0328. The summed E-state index contributed by atoms with van der Waals surface area (Å²) in [6.07, 6.45) is 0.876. The summed E-state index contributed by atoms with van der Waals surface area (Å²) in [5, 5.41) is 0.754. The van der Waals surface area contributed by atoms with Gasteiger partial charge in [0.2, 0.25) is 5.91 Å². The van der Waals surface area contributed by atoms with Gasteiger partial charge >= 0.3 is 0 Å². The van der Waals surface area contributed by atoms with Crippen LogP contribution in [0.15, 0.2) is 54.6 Å². The van der Waals surface area contributed by atoms with Crippen molar-refractivity contribution in [1.29, 1.82) is 0 Å². The van der Waals surface area contributed by atoms with Crippen molar-refractivity contribution in [3.8, 4) is 0 Å². The van der Waals surface area contributed by atoms with E-state index in [0.29, 0.717) is 19.7 Å². The summed E-state index contributed by atoms with van der Waals surface area (Å²) in [7, 11) is 1.66. The van der Waals surface area contributed by atoms with Gasteiger partial charge in [0.05, 0.1) is 6.61 Å². The molecule has 3 rings (SSSR count). The summed E-state index contributed by atoms with van der Waals surface area (Å²) in [5.74, 6) is 0.471. The average Bonchev–Trinajstić information content (AvgIpc) is 3.40. The number of ether oxygens (including phenoxy) is 1. The monoisotopic (exact) mass is 343 g/mol. The molecule has 2 aromatic rings. The summed E-state index contributed by atoms with van der Waals surface area (Å²) < 4.78 is 5.18. The van der Waals surface area contributed by atoms with E-state index in [9.17, 15) is 4.79 Å². The van der Waals surface area contributed by atoms with Gasteiger partial charge in [-0.15, -0.1) is 0 Å². The summed E-state index contributed by atoms with van der Waals surface area (Å²) in [6, 6.07) is 17.9. The highest BCUT2D eigenvalue weighted by Crippen LogP contribution is 2.50. The Kier molecular flexibility index (Phi) is 5.54. The molecule has 0 N–H and O–H groups in total. The predicted octanol–water partition coefficient (Wildman–Crippen LogP) is 4.12. The van der Waals surface area contributed by atoms with Crippen molar-refractivity contribution in [3.63, 3.8) is 0 Å². The molecule has 1 amide bonds. The number of hydrogen-bond donors (Lipinski definition) is 0. The fraction of sp³-hybridized carbons (Fsp3) is 0.350. The molecule has 4 heteroatoms. The number of nitrogens with zero attached hydrogens (tertiary/aromatic N) is 1. The van der Waals surface area contributed by atoms with Crippen LogP contribution < -0.4 is 0 Å². The molecule has 0 radical (unpaired) electrons. The molecule has 0 spiro atoms. The highest BCUT2D eigenvalue weighted by atomic mass is 35.5. The van der Waals surface area contributed by atoms with Crippen molar-refractivity contribution in [2.75, 3.05) is 20.3 Å². The Labute approximate surface area is 148 Å². The number of carbonyl (C=O) groups excluding carboxylic acids is 1. The number of amides is 1. The van der Waals surface area contributed by atoms with E-state index in [1.165, 1.54) is 0 Å². The van der Waals surface area contributed by atoms with Gasteiger partial charge in [0, 0.05) is 31.1 Å². The van der Waals surface area contributed by atoms with Crippen molar-refractivity contribution in [2.24, 2.45) is 5.92 Å². The maximum atomic E-state index is 12.9. The van der Waals surface area contributed by atoms with Crippen molar-refractivity contribution < 1.29 is 9.53 Å². The Hall–Kier alpha value is -1.84. The van der Waals surface area contributed by atoms with Gasteiger partial charge in [0.15, 0.2) is 0 Å². The van der Waals surface area contributed by atoms with Gasteiger partial charge < -0.3 is 9.64 Å². The largest absolute Gasteiger partial charge is 0.383 e. The average molecular weight is 344 g/mol. The number of carbonyl (C=O) groups is 1. The minimum absolute atomic E-state index is 0.0328. The zero-order valence-electron chi connectivity index (χ0n) is 13.8. The van der Waals surface area contributed by atoms with Crippen LogP contribution in [0.2, 0.25) is 5.02 Å². The first-order chi connectivity index (χ1) is 11.7. The second-order valence-corrected chi connectivity index (χ2v) is 6.62. The number of halogens is 1. The van der Waals surface area contributed by atoms with Crippen LogP contribution in [0.3, 0.4) is 0 Å². The Balaban J connectivity index is 1.69. The number of benzene rings is 2. The van der Waals surface area contributed by atoms with E-state index < -0.39 is 0 Å². The molecule has 0 aromatic heterocycles. The first kappa shape index (κ1) is 17.0. The van der Waals surface area contributed by atoms with E-state index in [0.717, 1.165) is 22.6 Å². The van der Waals surface area contributed by atoms with E-state index >= 15 is 0 Å². The standard InChI is InChI=1S/C20H22ClNO2/c1-24-12-11-22(14-15-7-3-2-4-8-15)20(23)18-13-17(18)16-9-5-6-10-19(16)21/h2-10,17-18H,11-14H2,1H3. The Morgan fingerprint density at radius 1 is 1.17 bits per heavy atom. The zero-order valence-corrected chi connectivity index (χ0v) is 14.6. The molecule has 24 heavy (non-hydrogen) atoms. The normalized spacial score (nSPS) is 19.1. The van der Waals surface area contributed by atoms with E-state index in [-0.39, 0.29) is 17.7 Å². The molecular formula is C20H22ClNO2. The van der Waals surface area contributed by atoms with Crippen LogP contribution in [0, 0.1) is 5.92 Å². The van der Waals surface area contributed by atoms with E-state index in [2.05, 4.69) is 0 Å². The van der Waals surface area contributed by atoms with Gasteiger partial charge in [0.1, 0.15) is 0 Å². The SMILES string of the molecule is COCCN(Cc1ccccc1)C(=O)C1CC1c1ccccc1Cl. The van der Waals surface area contributed by atoms with Crippen LogP contribution in [0.1, 0.15) is 23.5 Å². The molecule has 1 fully saturated rings. The molecule has 1 saturated carbocycles. The molecule has 1 aliphatic rings. The van der Waals surface area contributed by atoms with Crippen molar-refractivity contribution in [2.45, 2.75) is 18.9 Å². The highest BCUT2D eigenvalue weighted by molar-refractivity contribution is 6.31. The van der Waals surface area contributed by atoms with Crippen LogP contribution >= 0.6 is 11.6 Å². The molecule has 1 aliphatic carbocycles. The van der Waals surface area contributed by atoms with Crippen molar-refractivity contribution >= 4 is 17.5 Å². The number of hydrogen-bond acceptors (Lipinski definition) is 2. The van der Waals surface area contributed by atoms with E-state index in [1.807, 2.05) is 59.5 Å². The quantitative estimate of drug-likeness (QED) is 0.757. The first-order valence-corrected chi connectivity index (χ1v) is 8.64. The third-order valence-electron chi connectivity index (χ3n) is 4.51. The second kappa shape index (κ2) is 7.82. The van der Waals surface area contributed by atoms with E-state index in [4.69, 9.17) is 16.3 Å². The lowest BCUT2D eigenvalue weighted by Crippen LogP contribution is -2.34. The predicted molar refractivity (Wildman–Crippen MR) is 96.0 cm³/mol. The molecule has 0 heterocycles. The van der Waals surface area contributed by atoms with Gasteiger partial charge in [-0.2, -0.15) is 0 Å². The first-order valence-electron chi connectivity index (χ1n) is 8.26. The molecule has 0 bridgehead atoms. The van der Waals surface area contributed by atoms with Crippen LogP contribution in [0.5, 0.6) is 0 Å². The molecule has 3 nitrogen and oxygen atoms in total. The third kappa shape index (κ3) is 3.97. The summed E-state index contributed by atoms with van der Waals surface area (Å²) in [6.45, 7) is 1.77. The van der Waals surface area contributed by atoms with Gasteiger partial charge in [-0.3, -0.25) is 4.79 Å². The fourth-order valence-corrected chi connectivity index (χ4v) is 3.37. The van der Waals surface area contributed by atoms with Gasteiger partial charge in [0.25, 0.3) is 0 Å². The smallest absolute Gasteiger partial charge is 0.226 e. The molecule has 126 valence electrons. The van der Waals surface area contributed by atoms with Crippen LogP contribution in [0.4, 0.5) is 0 Å². The van der Waals surface area contributed by atoms with Gasteiger partial charge in [-0.1, -0.05) is 60.1 Å². The van der Waals surface area contributed by atoms with Crippen LogP contribution in [0.25, 0.3) is 0 Å². The minimum Gasteiger partial charge on any atom is -0.383 e. The van der Waals surface area contributed by atoms with Crippen molar-refractivity contribution in [1.82, 2.24) is 4.90 Å². The molecular weight excluding hydrogens is 322 g/mol. The Bertz CT molecular complexity index is 689. The molecule has 0 saturated heterocycles. The highest BCUT2D eigenvalue weighted by Gasteiger charge is 2.46. The van der Waals surface area contributed by atoms with Gasteiger partial charge in [-0.05, 0) is 29.5 Å². The van der Waals surface area contributed by atoms with Crippen LogP contribution in [-0.2, 0) is 16.1 Å². The van der Waals surface area contributed by atoms with Crippen molar-refractivity contribution in [3.05, 3.63) is 70.7 Å². The second-order valence-electron chi connectivity index (χ2n) is 6.21. The fourth-order valence-electron chi connectivity index (χ4n) is 3.09. The number of methoxy groups -OCH3 is 1. The maximum Gasteiger partial charge on any atom is 0.226 e. The Morgan fingerprint density at radius 2 is 1.88 bits per heavy atom. The lowest BCUT2D eigenvalue weighted by molar-refractivity contribution is -0.134. The van der Waals surface area contributed by atoms with E-state index in [1.54, 1.807) is 7.11 Å². The van der Waals surface area contributed by atoms with Crippen LogP contribution in [-0.4, -0.2) is 31.1 Å². The topological polar surface area (TPSA) is 29.5 Å². The number of rotatable bonds is 7. The molecule has 0 aliphatic heterocycles. The summed E-state index contributed by atoms with van der Waals surface area (Å²) in [4.78, 5) is 14.8. The van der Waals surface area contributed by atoms with Gasteiger partial charge in [-0.25, -0.2) is 0 Å². The molecule has 2 unspecified atom stereocenters. The lowest BCUT2D eigenvalue weighted by atomic mass is 10.1. The zero-order chi connectivity index (χ0) is 16.9. The maximum absolute atomic E-state index is 12.9. The Morgan fingerprint density at radius 3 is 2.58 bits per heavy atom.